The van der Waals surface area contributed by atoms with Crippen LogP contribution >= 0.6 is 0 Å². The highest BCUT2D eigenvalue weighted by molar-refractivity contribution is 5.99. The lowest BCUT2D eigenvalue weighted by molar-refractivity contribution is -0.119. The summed E-state index contributed by atoms with van der Waals surface area (Å²) in [4.78, 5) is 41.0. The normalized spacial score (nSPS) is 18.7. The number of hydrogen-bond acceptors (Lipinski definition) is 3. The number of fused-ring (bicyclic) bond motifs is 1. The first-order valence-electron chi connectivity index (χ1n) is 11.6. The van der Waals surface area contributed by atoms with Gasteiger partial charge in [0, 0.05) is 55.3 Å². The number of hydrogen-bond donors (Lipinski definition) is 1. The molecule has 3 amide bonds. The van der Waals surface area contributed by atoms with Gasteiger partial charge >= 0.3 is 0 Å². The molecule has 0 aliphatic carbocycles. The predicted molar refractivity (Wildman–Crippen MR) is 129 cm³/mol. The molecular formula is C27H27N3O3. The van der Waals surface area contributed by atoms with Gasteiger partial charge in [-0.3, -0.25) is 14.4 Å². The number of carbonyl (C=O) groups is 3. The van der Waals surface area contributed by atoms with Gasteiger partial charge in [0.25, 0.3) is 5.91 Å². The number of amides is 3. The van der Waals surface area contributed by atoms with Crippen molar-refractivity contribution in [3.05, 3.63) is 72.3 Å². The van der Waals surface area contributed by atoms with Crippen LogP contribution in [-0.2, 0) is 9.59 Å². The zero-order chi connectivity index (χ0) is 22.8. The Morgan fingerprint density at radius 1 is 0.848 bits per heavy atom. The second-order valence-electron chi connectivity index (χ2n) is 8.87. The zero-order valence-electron chi connectivity index (χ0n) is 18.5. The molecule has 0 radical (unpaired) electrons. The zero-order valence-corrected chi connectivity index (χ0v) is 18.5. The summed E-state index contributed by atoms with van der Waals surface area (Å²) in [7, 11) is 0. The number of rotatable bonds is 5. The van der Waals surface area contributed by atoms with Gasteiger partial charge in [-0.15, -0.1) is 0 Å². The lowest BCUT2D eigenvalue weighted by Gasteiger charge is -2.27. The maximum absolute atomic E-state index is 12.7. The molecule has 5 rings (SSSR count). The van der Waals surface area contributed by atoms with Crippen LogP contribution in [0.15, 0.2) is 66.7 Å². The van der Waals surface area contributed by atoms with E-state index >= 15 is 0 Å². The Morgan fingerprint density at radius 3 is 2.33 bits per heavy atom. The van der Waals surface area contributed by atoms with Crippen LogP contribution in [0.25, 0.3) is 10.8 Å². The van der Waals surface area contributed by atoms with Crippen LogP contribution in [0, 0.1) is 5.92 Å². The monoisotopic (exact) mass is 441 g/mol. The van der Waals surface area contributed by atoms with Crippen molar-refractivity contribution in [1.82, 2.24) is 5.32 Å². The second-order valence-corrected chi connectivity index (χ2v) is 8.87. The quantitative estimate of drug-likeness (QED) is 0.647. The van der Waals surface area contributed by atoms with E-state index in [4.69, 9.17) is 0 Å². The minimum atomic E-state index is -0.123. The van der Waals surface area contributed by atoms with Crippen molar-refractivity contribution in [2.75, 3.05) is 29.4 Å². The molecule has 1 unspecified atom stereocenters. The van der Waals surface area contributed by atoms with E-state index in [0.29, 0.717) is 31.5 Å². The Labute approximate surface area is 193 Å². The summed E-state index contributed by atoms with van der Waals surface area (Å²) in [5.41, 5.74) is 2.34. The van der Waals surface area contributed by atoms with Gasteiger partial charge in [0.1, 0.15) is 0 Å². The topological polar surface area (TPSA) is 69.7 Å². The molecule has 0 aromatic heterocycles. The van der Waals surface area contributed by atoms with Crippen molar-refractivity contribution < 1.29 is 14.4 Å². The largest absolute Gasteiger partial charge is 0.352 e. The third-order valence-electron chi connectivity index (χ3n) is 6.56. The van der Waals surface area contributed by atoms with Gasteiger partial charge in [-0.05, 0) is 60.0 Å². The molecular weight excluding hydrogens is 414 g/mol. The van der Waals surface area contributed by atoms with E-state index in [1.54, 1.807) is 4.90 Å². The number of nitrogens with one attached hydrogen (secondary N) is 1. The van der Waals surface area contributed by atoms with Gasteiger partial charge < -0.3 is 15.1 Å². The van der Waals surface area contributed by atoms with Crippen molar-refractivity contribution in [2.24, 2.45) is 5.92 Å². The average Bonchev–Trinajstić information content (AvgIpc) is 3.23. The summed E-state index contributed by atoms with van der Waals surface area (Å²) >= 11 is 0. The lowest BCUT2D eigenvalue weighted by atomic mass is 10.1. The van der Waals surface area contributed by atoms with E-state index in [9.17, 15) is 14.4 Å². The number of nitrogens with zero attached hydrogens (tertiary/aromatic N) is 2. The van der Waals surface area contributed by atoms with E-state index in [1.807, 2.05) is 71.6 Å². The summed E-state index contributed by atoms with van der Waals surface area (Å²) < 4.78 is 0. The molecule has 6 heteroatoms. The fraction of sp³-hybridized carbons (Fsp3) is 0.296. The lowest BCUT2D eigenvalue weighted by Crippen LogP contribution is -2.35. The van der Waals surface area contributed by atoms with E-state index in [2.05, 4.69) is 5.32 Å². The Hall–Kier alpha value is -3.67. The summed E-state index contributed by atoms with van der Waals surface area (Å²) in [6.07, 6.45) is 2.97. The number of piperidine rings is 1. The number of benzene rings is 3. The van der Waals surface area contributed by atoms with Gasteiger partial charge in [-0.1, -0.05) is 30.3 Å². The molecule has 6 nitrogen and oxygen atoms in total. The summed E-state index contributed by atoms with van der Waals surface area (Å²) in [6.45, 7) is 1.77. The molecule has 2 saturated heterocycles. The van der Waals surface area contributed by atoms with Crippen LogP contribution in [0.5, 0.6) is 0 Å². The molecule has 0 spiro atoms. The maximum atomic E-state index is 12.7. The van der Waals surface area contributed by atoms with Gasteiger partial charge in [-0.2, -0.15) is 0 Å². The van der Waals surface area contributed by atoms with E-state index in [-0.39, 0.29) is 23.6 Å². The van der Waals surface area contributed by atoms with Crippen molar-refractivity contribution in [3.8, 4) is 0 Å². The molecule has 168 valence electrons. The molecule has 2 aliphatic heterocycles. The fourth-order valence-electron chi connectivity index (χ4n) is 4.73. The molecule has 33 heavy (non-hydrogen) atoms. The van der Waals surface area contributed by atoms with Crippen LogP contribution in [0.2, 0.25) is 0 Å². The molecule has 0 saturated carbocycles. The predicted octanol–water partition coefficient (Wildman–Crippen LogP) is 4.14. The minimum absolute atomic E-state index is 0.0572. The van der Waals surface area contributed by atoms with Crippen molar-refractivity contribution in [1.29, 1.82) is 0 Å². The van der Waals surface area contributed by atoms with Crippen LogP contribution in [0.4, 0.5) is 11.4 Å². The minimum Gasteiger partial charge on any atom is -0.352 e. The van der Waals surface area contributed by atoms with Gasteiger partial charge in [0.15, 0.2) is 0 Å². The van der Waals surface area contributed by atoms with Gasteiger partial charge in [0.2, 0.25) is 11.8 Å². The Balaban J connectivity index is 1.19. The molecule has 3 aromatic rings. The Morgan fingerprint density at radius 2 is 1.58 bits per heavy atom. The second kappa shape index (κ2) is 9.06. The summed E-state index contributed by atoms with van der Waals surface area (Å²) in [5.74, 6) is 0.155. The Bertz CT molecular complexity index is 1200. The molecule has 0 bridgehead atoms. The fourth-order valence-corrected chi connectivity index (χ4v) is 4.73. The number of anilines is 2. The molecule has 2 heterocycles. The Kier molecular flexibility index (Phi) is 5.82. The van der Waals surface area contributed by atoms with Crippen LogP contribution in [0.1, 0.15) is 36.0 Å². The first kappa shape index (κ1) is 21.2. The maximum Gasteiger partial charge on any atom is 0.251 e. The highest BCUT2D eigenvalue weighted by atomic mass is 16.2. The molecule has 1 N–H and O–H groups in total. The highest BCUT2D eigenvalue weighted by Gasteiger charge is 2.31. The average molecular weight is 442 g/mol. The van der Waals surface area contributed by atoms with Gasteiger partial charge in [-0.25, -0.2) is 0 Å². The van der Waals surface area contributed by atoms with E-state index in [0.717, 1.165) is 41.5 Å². The smallest absolute Gasteiger partial charge is 0.251 e. The third-order valence-corrected chi connectivity index (χ3v) is 6.56. The van der Waals surface area contributed by atoms with Crippen LogP contribution < -0.4 is 15.1 Å². The molecule has 3 aromatic carbocycles. The summed E-state index contributed by atoms with van der Waals surface area (Å²) in [6, 6.07) is 21.3. The highest BCUT2D eigenvalue weighted by Crippen LogP contribution is 2.28. The van der Waals surface area contributed by atoms with Crippen LogP contribution in [0.3, 0.4) is 0 Å². The molecule has 2 aliphatic rings. The van der Waals surface area contributed by atoms with Crippen molar-refractivity contribution >= 4 is 39.9 Å². The molecule has 1 atom stereocenters. The molecule has 2 fully saturated rings. The third kappa shape index (κ3) is 4.46. The van der Waals surface area contributed by atoms with Gasteiger partial charge in [0.05, 0.1) is 0 Å². The van der Waals surface area contributed by atoms with E-state index < -0.39 is 0 Å². The van der Waals surface area contributed by atoms with Crippen molar-refractivity contribution in [3.63, 3.8) is 0 Å². The first-order valence-corrected chi connectivity index (χ1v) is 11.6. The SMILES string of the molecule is O=C(NCC1CC(=O)N(c2ccc(N3CCCCC3=O)cc2)C1)c1ccc2ccccc2c1. The summed E-state index contributed by atoms with van der Waals surface area (Å²) in [5, 5.41) is 5.12. The number of carbonyl (C=O) groups excluding carboxylic acids is 3. The standard InChI is InChI=1S/C27H27N3O3/c31-25-7-3-4-14-29(25)23-10-12-24(13-11-23)30-18-19(15-26(30)32)17-28-27(33)22-9-8-20-5-1-2-6-21(20)16-22/h1-2,5-6,8-13,16,19H,3-4,7,14-15,17-18H2,(H,28,33). The van der Waals surface area contributed by atoms with Crippen molar-refractivity contribution in [2.45, 2.75) is 25.7 Å². The first-order chi connectivity index (χ1) is 16.1. The van der Waals surface area contributed by atoms with E-state index in [1.165, 1.54) is 0 Å². The van der Waals surface area contributed by atoms with Crippen LogP contribution in [-0.4, -0.2) is 37.4 Å².